The van der Waals surface area contributed by atoms with Crippen LogP contribution in [-0.2, 0) is 6.18 Å². The zero-order chi connectivity index (χ0) is 20.6. The van der Waals surface area contributed by atoms with Crippen LogP contribution in [0.25, 0.3) is 28.3 Å². The third kappa shape index (κ3) is 3.58. The number of hydrogen-bond acceptors (Lipinski definition) is 4. The lowest BCUT2D eigenvalue weighted by Crippen LogP contribution is -2.08. The first-order valence-electron chi connectivity index (χ1n) is 8.41. The Morgan fingerprint density at radius 2 is 1.72 bits per heavy atom. The predicted molar refractivity (Wildman–Crippen MR) is 101 cm³/mol. The highest BCUT2D eigenvalue weighted by Crippen LogP contribution is 2.42. The van der Waals surface area contributed by atoms with Gasteiger partial charge in [0.05, 0.1) is 18.4 Å². The second-order valence-electron chi connectivity index (χ2n) is 6.06. The van der Waals surface area contributed by atoms with E-state index >= 15 is 0 Å². The maximum Gasteiger partial charge on any atom is 0.435 e. The molecule has 0 aliphatic rings. The Morgan fingerprint density at radius 3 is 2.34 bits per heavy atom. The average Bonchev–Trinajstić information content (AvgIpc) is 3.33. The molecule has 0 N–H and O–H groups in total. The van der Waals surface area contributed by atoms with Gasteiger partial charge in [-0.3, -0.25) is 0 Å². The quantitative estimate of drug-likeness (QED) is 0.415. The van der Waals surface area contributed by atoms with Gasteiger partial charge < -0.3 is 9.26 Å². The summed E-state index contributed by atoms with van der Waals surface area (Å²) in [4.78, 5) is 0. The van der Waals surface area contributed by atoms with Crippen LogP contribution in [0.2, 0.25) is 5.15 Å². The van der Waals surface area contributed by atoms with E-state index < -0.39 is 11.9 Å². The van der Waals surface area contributed by atoms with Crippen molar-refractivity contribution in [1.29, 1.82) is 0 Å². The summed E-state index contributed by atoms with van der Waals surface area (Å²) in [6, 6.07) is 16.5. The van der Waals surface area contributed by atoms with Crippen molar-refractivity contribution in [3.8, 4) is 34.0 Å². The molecule has 5 nitrogen and oxygen atoms in total. The Labute approximate surface area is 168 Å². The second kappa shape index (κ2) is 7.29. The molecule has 0 atom stereocenters. The van der Waals surface area contributed by atoms with Crippen LogP contribution in [0.5, 0.6) is 5.75 Å². The van der Waals surface area contributed by atoms with E-state index in [2.05, 4.69) is 10.3 Å². The number of aromatic nitrogens is 3. The first-order chi connectivity index (χ1) is 13.9. The molecule has 0 aliphatic carbocycles. The smallest absolute Gasteiger partial charge is 0.435 e. The molecule has 148 valence electrons. The van der Waals surface area contributed by atoms with E-state index in [1.165, 1.54) is 13.2 Å². The third-order valence-corrected chi connectivity index (χ3v) is 4.59. The van der Waals surface area contributed by atoms with E-state index in [0.29, 0.717) is 22.8 Å². The van der Waals surface area contributed by atoms with E-state index in [1.807, 2.05) is 0 Å². The normalized spacial score (nSPS) is 11.6. The van der Waals surface area contributed by atoms with E-state index in [1.54, 1.807) is 54.6 Å². The highest BCUT2D eigenvalue weighted by Gasteiger charge is 2.40. The fourth-order valence-electron chi connectivity index (χ4n) is 2.85. The van der Waals surface area contributed by atoms with Crippen molar-refractivity contribution in [2.75, 3.05) is 7.11 Å². The molecule has 0 saturated heterocycles. The minimum atomic E-state index is -4.72. The van der Waals surface area contributed by atoms with Crippen molar-refractivity contribution in [3.63, 3.8) is 0 Å². The molecular formula is C20H13ClF3N3O2. The first kappa shape index (κ1) is 19.1. The molecule has 0 spiro atoms. The van der Waals surface area contributed by atoms with Crippen LogP contribution in [0.1, 0.15) is 5.69 Å². The van der Waals surface area contributed by atoms with Gasteiger partial charge in [-0.05, 0) is 36.4 Å². The number of halogens is 4. The van der Waals surface area contributed by atoms with Gasteiger partial charge in [-0.25, -0.2) is 4.68 Å². The number of para-hydroxylation sites is 1. The number of methoxy groups -OCH3 is 1. The summed E-state index contributed by atoms with van der Waals surface area (Å²) < 4.78 is 52.3. The summed E-state index contributed by atoms with van der Waals surface area (Å²) in [6.45, 7) is 0. The summed E-state index contributed by atoms with van der Waals surface area (Å²) in [7, 11) is 1.53. The summed E-state index contributed by atoms with van der Waals surface area (Å²) in [6.07, 6.45) is -4.72. The monoisotopic (exact) mass is 419 g/mol. The summed E-state index contributed by atoms with van der Waals surface area (Å²) in [5, 5.41) is 7.29. The van der Waals surface area contributed by atoms with Gasteiger partial charge in [0.2, 0.25) is 0 Å². The minimum Gasteiger partial charge on any atom is -0.497 e. The molecule has 0 radical (unpaired) electrons. The van der Waals surface area contributed by atoms with Gasteiger partial charge in [-0.2, -0.15) is 18.3 Å². The SMILES string of the molecule is COc1ccc(-c2cc(-c3c(C(F)(F)F)nn(-c4ccccc4)c3Cl)no2)cc1. The van der Waals surface area contributed by atoms with E-state index in [4.69, 9.17) is 20.9 Å². The number of benzene rings is 2. The molecule has 4 rings (SSSR count). The molecule has 2 heterocycles. The molecule has 0 bridgehead atoms. The molecule has 0 fully saturated rings. The van der Waals surface area contributed by atoms with Crippen molar-refractivity contribution in [1.82, 2.24) is 14.9 Å². The molecule has 4 aromatic rings. The zero-order valence-corrected chi connectivity index (χ0v) is 15.7. The average molecular weight is 420 g/mol. The predicted octanol–water partition coefficient (Wildman–Crippen LogP) is 5.88. The third-order valence-electron chi connectivity index (χ3n) is 4.24. The minimum absolute atomic E-state index is 0.0599. The van der Waals surface area contributed by atoms with Crippen LogP contribution in [0, 0.1) is 0 Å². The molecule has 0 amide bonds. The second-order valence-corrected chi connectivity index (χ2v) is 6.42. The van der Waals surface area contributed by atoms with Crippen LogP contribution >= 0.6 is 11.6 Å². The largest absolute Gasteiger partial charge is 0.497 e. The van der Waals surface area contributed by atoms with Gasteiger partial charge in [0, 0.05) is 11.6 Å². The molecular weight excluding hydrogens is 407 g/mol. The van der Waals surface area contributed by atoms with Crippen molar-refractivity contribution >= 4 is 11.6 Å². The number of ether oxygens (including phenoxy) is 1. The van der Waals surface area contributed by atoms with Crippen LogP contribution in [0.15, 0.2) is 65.2 Å². The van der Waals surface area contributed by atoms with Gasteiger partial charge in [-0.1, -0.05) is 35.0 Å². The Bertz CT molecular complexity index is 1140. The van der Waals surface area contributed by atoms with Gasteiger partial charge in [-0.15, -0.1) is 0 Å². The van der Waals surface area contributed by atoms with Crippen molar-refractivity contribution in [3.05, 3.63) is 71.5 Å². The highest BCUT2D eigenvalue weighted by atomic mass is 35.5. The number of nitrogens with zero attached hydrogens (tertiary/aromatic N) is 3. The fraction of sp³-hybridized carbons (Fsp3) is 0.100. The van der Waals surface area contributed by atoms with E-state index in [-0.39, 0.29) is 16.4 Å². The molecule has 2 aromatic heterocycles. The molecule has 2 aromatic carbocycles. The maximum atomic E-state index is 13.6. The Balaban J connectivity index is 1.82. The van der Waals surface area contributed by atoms with Gasteiger partial charge >= 0.3 is 6.18 Å². The fourth-order valence-corrected chi connectivity index (χ4v) is 3.17. The van der Waals surface area contributed by atoms with E-state index in [0.717, 1.165) is 4.68 Å². The highest BCUT2D eigenvalue weighted by molar-refractivity contribution is 6.32. The van der Waals surface area contributed by atoms with Gasteiger partial charge in [0.15, 0.2) is 11.5 Å². The summed E-state index contributed by atoms with van der Waals surface area (Å²) >= 11 is 6.30. The van der Waals surface area contributed by atoms with Crippen molar-refractivity contribution in [2.24, 2.45) is 0 Å². The van der Waals surface area contributed by atoms with Gasteiger partial charge in [0.1, 0.15) is 16.6 Å². The number of hydrogen-bond donors (Lipinski definition) is 0. The maximum absolute atomic E-state index is 13.6. The number of alkyl halides is 3. The first-order valence-corrected chi connectivity index (χ1v) is 8.79. The van der Waals surface area contributed by atoms with Crippen LogP contribution in [0.3, 0.4) is 0 Å². The lowest BCUT2D eigenvalue weighted by molar-refractivity contribution is -0.140. The van der Waals surface area contributed by atoms with Crippen LogP contribution < -0.4 is 4.74 Å². The van der Waals surface area contributed by atoms with Crippen LogP contribution in [0.4, 0.5) is 13.2 Å². The molecule has 29 heavy (non-hydrogen) atoms. The van der Waals surface area contributed by atoms with Crippen molar-refractivity contribution in [2.45, 2.75) is 6.18 Å². The molecule has 0 unspecified atom stereocenters. The summed E-state index contributed by atoms with van der Waals surface area (Å²) in [5.41, 5.74) is -0.513. The Kier molecular flexibility index (Phi) is 4.79. The van der Waals surface area contributed by atoms with E-state index in [9.17, 15) is 13.2 Å². The van der Waals surface area contributed by atoms with Crippen LogP contribution in [-0.4, -0.2) is 22.0 Å². The standard InChI is InChI=1S/C20H13ClF3N3O2/c1-28-14-9-7-12(8-10-14)16-11-15(26-29-16)17-18(20(22,23)24)25-27(19(17)21)13-5-3-2-4-6-13/h2-11H,1H3. The summed E-state index contributed by atoms with van der Waals surface area (Å²) in [5.74, 6) is 0.930. The lowest BCUT2D eigenvalue weighted by Gasteiger charge is -2.03. The topological polar surface area (TPSA) is 53.1 Å². The van der Waals surface area contributed by atoms with Crippen molar-refractivity contribution < 1.29 is 22.4 Å². The Morgan fingerprint density at radius 1 is 1.03 bits per heavy atom. The molecule has 0 saturated carbocycles. The lowest BCUT2D eigenvalue weighted by atomic mass is 10.1. The van der Waals surface area contributed by atoms with Gasteiger partial charge in [0.25, 0.3) is 0 Å². The zero-order valence-electron chi connectivity index (χ0n) is 14.9. The Hall–Kier alpha value is -3.26. The number of rotatable bonds is 4. The molecule has 9 heteroatoms. The molecule has 0 aliphatic heterocycles.